The summed E-state index contributed by atoms with van der Waals surface area (Å²) in [5, 5.41) is 12.2. The molecule has 0 fully saturated rings. The maximum Gasteiger partial charge on any atom is 0.433 e. The molecule has 0 aromatic carbocycles. The lowest BCUT2D eigenvalue weighted by Crippen LogP contribution is -2.15. The number of aromatic carboxylic acids is 1. The van der Waals surface area contributed by atoms with Crippen LogP contribution in [0.1, 0.15) is 16.2 Å². The molecule has 0 saturated heterocycles. The van der Waals surface area contributed by atoms with Crippen molar-refractivity contribution in [1.29, 1.82) is 0 Å². The summed E-state index contributed by atoms with van der Waals surface area (Å²) < 4.78 is 37.8. The minimum absolute atomic E-state index is 0.407. The van der Waals surface area contributed by atoms with Gasteiger partial charge in [0.05, 0.1) is 0 Å². The molecule has 0 aliphatic heterocycles. The Morgan fingerprint density at radius 3 is 2.69 bits per heavy atom. The van der Waals surface area contributed by atoms with E-state index in [4.69, 9.17) is 5.11 Å². The molecule has 0 aliphatic carbocycles. The van der Waals surface area contributed by atoms with Gasteiger partial charge < -0.3 is 5.11 Å². The smallest absolute Gasteiger partial charge is 0.433 e. The number of carboxylic acids is 1. The number of halogens is 3. The van der Waals surface area contributed by atoms with Crippen LogP contribution >= 0.6 is 0 Å². The van der Waals surface area contributed by atoms with Gasteiger partial charge in [-0.25, -0.2) is 9.78 Å². The minimum atomic E-state index is -4.72. The Morgan fingerprint density at radius 1 is 1.44 bits per heavy atom. The van der Waals surface area contributed by atoms with Gasteiger partial charge in [-0.2, -0.15) is 27.8 Å². The first kappa shape index (κ1) is 10.3. The number of carbonyl (C=O) groups is 1. The third-order valence-electron chi connectivity index (χ3n) is 1.76. The summed E-state index contributed by atoms with van der Waals surface area (Å²) in [5.41, 5.74) is -1.96. The zero-order valence-electron chi connectivity index (χ0n) is 7.43. The van der Waals surface area contributed by atoms with E-state index in [1.54, 1.807) is 0 Å². The largest absolute Gasteiger partial charge is 0.477 e. The van der Waals surface area contributed by atoms with Gasteiger partial charge in [0.1, 0.15) is 6.33 Å². The summed E-state index contributed by atoms with van der Waals surface area (Å²) in [5.74, 6) is -1.95. The van der Waals surface area contributed by atoms with Gasteiger partial charge in [0.15, 0.2) is 11.4 Å². The molecule has 2 aromatic rings. The molecule has 0 bridgehead atoms. The van der Waals surface area contributed by atoms with Gasteiger partial charge in [0, 0.05) is 6.07 Å². The number of rotatable bonds is 1. The summed E-state index contributed by atoms with van der Waals surface area (Å²) in [6.07, 6.45) is -3.80. The first-order valence-corrected chi connectivity index (χ1v) is 3.91. The number of carboxylic acid groups (broad SMARTS) is 1. The molecule has 0 saturated carbocycles. The monoisotopic (exact) mass is 232 g/mol. The molecular formula is C7H3F3N4O2. The van der Waals surface area contributed by atoms with Crippen LogP contribution in [0.25, 0.3) is 5.78 Å². The minimum Gasteiger partial charge on any atom is -0.477 e. The Kier molecular flexibility index (Phi) is 2.04. The van der Waals surface area contributed by atoms with Crippen molar-refractivity contribution in [3.63, 3.8) is 0 Å². The zero-order valence-corrected chi connectivity index (χ0v) is 7.43. The Balaban J connectivity index is 2.76. The number of hydrogen-bond acceptors (Lipinski definition) is 4. The van der Waals surface area contributed by atoms with Crippen LogP contribution < -0.4 is 0 Å². The van der Waals surface area contributed by atoms with Crippen molar-refractivity contribution in [3.05, 3.63) is 23.8 Å². The fraction of sp³-hybridized carbons (Fsp3) is 0.143. The molecule has 9 heteroatoms. The van der Waals surface area contributed by atoms with Crippen LogP contribution in [0.2, 0.25) is 0 Å². The van der Waals surface area contributed by atoms with Crippen LogP contribution in [0.5, 0.6) is 0 Å². The number of alkyl halides is 3. The molecule has 6 nitrogen and oxygen atoms in total. The molecule has 0 amide bonds. The van der Waals surface area contributed by atoms with Gasteiger partial charge in [-0.3, -0.25) is 0 Å². The van der Waals surface area contributed by atoms with Crippen molar-refractivity contribution in [3.8, 4) is 0 Å². The van der Waals surface area contributed by atoms with E-state index in [2.05, 4.69) is 15.1 Å². The number of nitrogens with zero attached hydrogens (tertiary/aromatic N) is 4. The van der Waals surface area contributed by atoms with Crippen LogP contribution in [-0.4, -0.2) is 30.7 Å². The zero-order chi connectivity index (χ0) is 11.9. The highest BCUT2D eigenvalue weighted by Crippen LogP contribution is 2.28. The average molecular weight is 232 g/mol. The predicted octanol–water partition coefficient (Wildman–Crippen LogP) is 0.841. The average Bonchev–Trinajstić information content (AvgIpc) is 2.61. The normalized spacial score (nSPS) is 11.9. The highest BCUT2D eigenvalue weighted by atomic mass is 19.4. The quantitative estimate of drug-likeness (QED) is 0.787. The first-order valence-electron chi connectivity index (χ1n) is 3.91. The van der Waals surface area contributed by atoms with Crippen molar-refractivity contribution in [2.24, 2.45) is 0 Å². The Hall–Kier alpha value is -2.19. The highest BCUT2D eigenvalue weighted by molar-refractivity contribution is 5.86. The van der Waals surface area contributed by atoms with Crippen LogP contribution in [0, 0.1) is 0 Å². The predicted molar refractivity (Wildman–Crippen MR) is 42.7 cm³/mol. The molecule has 2 heterocycles. The molecule has 0 atom stereocenters. The summed E-state index contributed by atoms with van der Waals surface area (Å²) in [6, 6.07) is 0.407. The summed E-state index contributed by atoms with van der Waals surface area (Å²) in [6.45, 7) is 0. The second kappa shape index (κ2) is 3.15. The van der Waals surface area contributed by atoms with Gasteiger partial charge in [0.2, 0.25) is 0 Å². The van der Waals surface area contributed by atoms with Crippen LogP contribution in [0.15, 0.2) is 12.4 Å². The van der Waals surface area contributed by atoms with E-state index in [9.17, 15) is 18.0 Å². The number of fused-ring (bicyclic) bond motifs is 1. The molecule has 0 radical (unpaired) electrons. The molecule has 16 heavy (non-hydrogen) atoms. The lowest BCUT2D eigenvalue weighted by molar-refractivity contribution is -0.141. The first-order chi connectivity index (χ1) is 7.39. The standard InChI is InChI=1S/C7H3F3N4O2/c8-7(9,10)4-1-3(5(15)16)14-6(13-4)11-2-12-14/h1-2H,(H,15,16). The van der Waals surface area contributed by atoms with E-state index in [0.717, 1.165) is 10.8 Å². The molecule has 0 aliphatic rings. The van der Waals surface area contributed by atoms with Crippen LogP contribution in [0.4, 0.5) is 13.2 Å². The van der Waals surface area contributed by atoms with Crippen molar-refractivity contribution in [1.82, 2.24) is 19.6 Å². The summed E-state index contributed by atoms with van der Waals surface area (Å²) >= 11 is 0. The van der Waals surface area contributed by atoms with Crippen LogP contribution in [-0.2, 0) is 6.18 Å². The maximum absolute atomic E-state index is 12.4. The molecule has 2 rings (SSSR count). The Labute approximate surface area is 85.4 Å². The fourth-order valence-corrected chi connectivity index (χ4v) is 1.11. The molecule has 2 aromatic heterocycles. The van der Waals surface area contributed by atoms with Crippen molar-refractivity contribution in [2.75, 3.05) is 0 Å². The van der Waals surface area contributed by atoms with E-state index < -0.39 is 29.3 Å². The van der Waals surface area contributed by atoms with Gasteiger partial charge in [-0.05, 0) is 0 Å². The molecule has 0 spiro atoms. The highest BCUT2D eigenvalue weighted by Gasteiger charge is 2.34. The van der Waals surface area contributed by atoms with E-state index in [1.165, 1.54) is 0 Å². The fourth-order valence-electron chi connectivity index (χ4n) is 1.11. The Morgan fingerprint density at radius 2 is 2.12 bits per heavy atom. The number of hydrogen-bond donors (Lipinski definition) is 1. The SMILES string of the molecule is O=C(O)c1cc(C(F)(F)F)nc2ncnn12. The van der Waals surface area contributed by atoms with E-state index in [0.29, 0.717) is 6.07 Å². The lowest BCUT2D eigenvalue weighted by Gasteiger charge is -2.06. The lowest BCUT2D eigenvalue weighted by atomic mass is 10.3. The second-order valence-corrected chi connectivity index (χ2v) is 2.80. The van der Waals surface area contributed by atoms with Crippen LogP contribution in [0.3, 0.4) is 0 Å². The van der Waals surface area contributed by atoms with Gasteiger partial charge >= 0.3 is 12.1 Å². The van der Waals surface area contributed by atoms with Gasteiger partial charge in [0.25, 0.3) is 5.78 Å². The topological polar surface area (TPSA) is 80.4 Å². The second-order valence-electron chi connectivity index (χ2n) is 2.80. The van der Waals surface area contributed by atoms with Crippen molar-refractivity contribution >= 4 is 11.7 Å². The van der Waals surface area contributed by atoms with Gasteiger partial charge in [-0.1, -0.05) is 0 Å². The third-order valence-corrected chi connectivity index (χ3v) is 1.76. The number of aromatic nitrogens is 4. The Bertz CT molecular complexity index is 562. The molecule has 1 N–H and O–H groups in total. The van der Waals surface area contributed by atoms with E-state index >= 15 is 0 Å². The molecular weight excluding hydrogens is 229 g/mol. The molecule has 0 unspecified atom stereocenters. The molecule has 84 valence electrons. The van der Waals surface area contributed by atoms with Gasteiger partial charge in [-0.15, -0.1) is 0 Å². The summed E-state index contributed by atoms with van der Waals surface area (Å²) in [7, 11) is 0. The van der Waals surface area contributed by atoms with E-state index in [1.807, 2.05) is 0 Å². The maximum atomic E-state index is 12.4. The van der Waals surface area contributed by atoms with Crippen molar-refractivity contribution in [2.45, 2.75) is 6.18 Å². The third kappa shape index (κ3) is 1.55. The van der Waals surface area contributed by atoms with E-state index in [-0.39, 0.29) is 0 Å². The summed E-state index contributed by atoms with van der Waals surface area (Å²) in [4.78, 5) is 17.3. The van der Waals surface area contributed by atoms with Crippen molar-refractivity contribution < 1.29 is 23.1 Å².